The van der Waals surface area contributed by atoms with Gasteiger partial charge in [-0.2, -0.15) is 18.2 Å². The number of rotatable bonds is 4. The molecule has 2 aromatic heterocycles. The number of amides is 2. The molecule has 0 radical (unpaired) electrons. The summed E-state index contributed by atoms with van der Waals surface area (Å²) in [4.78, 5) is 22.7. The number of halogens is 3. The number of aromatic nitrogens is 2. The summed E-state index contributed by atoms with van der Waals surface area (Å²) < 4.78 is 46.1. The molecular formula is C22H19F3N4O2S. The highest BCUT2D eigenvalue weighted by Crippen LogP contribution is 2.42. The first-order valence-electron chi connectivity index (χ1n) is 9.69. The lowest BCUT2D eigenvalue weighted by Crippen LogP contribution is -2.33. The van der Waals surface area contributed by atoms with Gasteiger partial charge in [0, 0.05) is 29.4 Å². The molecule has 0 unspecified atom stereocenters. The van der Waals surface area contributed by atoms with E-state index in [9.17, 15) is 18.0 Å². The predicted octanol–water partition coefficient (Wildman–Crippen LogP) is 5.91. The molecule has 3 aromatic rings. The summed E-state index contributed by atoms with van der Waals surface area (Å²) in [6, 6.07) is 10.4. The fourth-order valence-electron chi connectivity index (χ4n) is 3.42. The van der Waals surface area contributed by atoms with Crippen molar-refractivity contribution in [2.45, 2.75) is 24.4 Å². The molecule has 0 atom stereocenters. The lowest BCUT2D eigenvalue weighted by Gasteiger charge is -2.20. The highest BCUT2D eigenvalue weighted by atomic mass is 32.2. The number of aryl methyl sites for hydroxylation is 1. The molecule has 1 aliphatic heterocycles. The monoisotopic (exact) mass is 460 g/mol. The summed E-state index contributed by atoms with van der Waals surface area (Å²) in [5.74, 6) is 1.00. The third-order valence-electron chi connectivity index (χ3n) is 4.98. The van der Waals surface area contributed by atoms with Gasteiger partial charge in [0.1, 0.15) is 5.82 Å². The van der Waals surface area contributed by atoms with Gasteiger partial charge in [-0.25, -0.2) is 4.79 Å². The lowest BCUT2D eigenvalue weighted by atomic mass is 10.1. The summed E-state index contributed by atoms with van der Waals surface area (Å²) in [6.07, 6.45) is -0.780. The van der Waals surface area contributed by atoms with Crippen molar-refractivity contribution in [2.24, 2.45) is 0 Å². The third kappa shape index (κ3) is 4.50. The van der Waals surface area contributed by atoms with Crippen molar-refractivity contribution in [3.63, 3.8) is 0 Å². The van der Waals surface area contributed by atoms with E-state index >= 15 is 0 Å². The highest BCUT2D eigenvalue weighted by molar-refractivity contribution is 7.98. The van der Waals surface area contributed by atoms with Crippen molar-refractivity contribution in [1.82, 2.24) is 9.97 Å². The van der Waals surface area contributed by atoms with E-state index in [0.717, 1.165) is 17.8 Å². The fourth-order valence-corrected chi connectivity index (χ4v) is 4.08. The van der Waals surface area contributed by atoms with Gasteiger partial charge in [-0.05, 0) is 55.5 Å². The maximum Gasteiger partial charge on any atom is 0.417 e. The second-order valence-electron chi connectivity index (χ2n) is 7.06. The molecule has 32 heavy (non-hydrogen) atoms. The smallest absolute Gasteiger partial charge is 0.417 e. The van der Waals surface area contributed by atoms with Crippen LogP contribution in [0.2, 0.25) is 0 Å². The SMILES string of the molecule is CSc1cc2c(cc1C(F)(F)F)N(C(=O)Nc1cccc(Oc3cccnc3C)n1)CC2. The van der Waals surface area contributed by atoms with Gasteiger partial charge in [0.2, 0.25) is 5.88 Å². The number of nitrogens with zero attached hydrogens (tertiary/aromatic N) is 3. The zero-order valence-electron chi connectivity index (χ0n) is 17.2. The summed E-state index contributed by atoms with van der Waals surface area (Å²) in [7, 11) is 0. The van der Waals surface area contributed by atoms with E-state index in [2.05, 4.69) is 15.3 Å². The third-order valence-corrected chi connectivity index (χ3v) is 5.76. The van der Waals surface area contributed by atoms with E-state index in [-0.39, 0.29) is 28.8 Å². The van der Waals surface area contributed by atoms with Crippen LogP contribution in [-0.2, 0) is 12.6 Å². The molecule has 6 nitrogen and oxygen atoms in total. The fraction of sp³-hybridized carbons (Fsp3) is 0.227. The Labute approximate surface area is 186 Å². The molecule has 0 saturated carbocycles. The number of urea groups is 1. The van der Waals surface area contributed by atoms with Crippen molar-refractivity contribution in [3.8, 4) is 11.6 Å². The zero-order valence-corrected chi connectivity index (χ0v) is 18.0. The Morgan fingerprint density at radius 3 is 2.75 bits per heavy atom. The maximum absolute atomic E-state index is 13.5. The number of hydrogen-bond donors (Lipinski definition) is 1. The first kappa shape index (κ1) is 21.9. The van der Waals surface area contributed by atoms with Crippen LogP contribution in [0.3, 0.4) is 0 Å². The number of fused-ring (bicyclic) bond motifs is 1. The van der Waals surface area contributed by atoms with Crippen molar-refractivity contribution in [1.29, 1.82) is 0 Å². The summed E-state index contributed by atoms with van der Waals surface area (Å²) in [6.45, 7) is 2.07. The number of carbonyl (C=O) groups is 1. The minimum Gasteiger partial charge on any atom is -0.437 e. The van der Waals surface area contributed by atoms with Gasteiger partial charge in [0.15, 0.2) is 5.75 Å². The van der Waals surface area contributed by atoms with Crippen LogP contribution in [0.4, 0.5) is 29.5 Å². The minimum absolute atomic E-state index is 0.149. The van der Waals surface area contributed by atoms with Gasteiger partial charge in [-0.15, -0.1) is 11.8 Å². The van der Waals surface area contributed by atoms with E-state index in [1.807, 2.05) is 0 Å². The number of alkyl halides is 3. The topological polar surface area (TPSA) is 67.4 Å². The van der Waals surface area contributed by atoms with E-state index in [1.165, 1.54) is 11.0 Å². The average molecular weight is 460 g/mol. The molecule has 10 heteroatoms. The molecule has 0 fully saturated rings. The van der Waals surface area contributed by atoms with E-state index in [0.29, 0.717) is 23.4 Å². The number of ether oxygens (including phenoxy) is 1. The van der Waals surface area contributed by atoms with Crippen LogP contribution in [0.25, 0.3) is 0 Å². The summed E-state index contributed by atoms with van der Waals surface area (Å²) >= 11 is 1.04. The minimum atomic E-state index is -4.50. The Bertz CT molecular complexity index is 1170. The number of benzene rings is 1. The maximum atomic E-state index is 13.5. The van der Waals surface area contributed by atoms with Crippen molar-refractivity contribution in [2.75, 3.05) is 23.0 Å². The Balaban J connectivity index is 1.55. The summed E-state index contributed by atoms with van der Waals surface area (Å²) in [5.41, 5.74) is 0.895. The highest BCUT2D eigenvalue weighted by Gasteiger charge is 2.36. The van der Waals surface area contributed by atoms with Gasteiger partial charge in [-0.3, -0.25) is 15.2 Å². The Hall–Kier alpha value is -3.27. The Morgan fingerprint density at radius 1 is 1.22 bits per heavy atom. The van der Waals surface area contributed by atoms with Crippen LogP contribution in [0.5, 0.6) is 11.6 Å². The number of pyridine rings is 2. The molecule has 1 aromatic carbocycles. The molecule has 0 bridgehead atoms. The Morgan fingerprint density at radius 2 is 2.03 bits per heavy atom. The first-order valence-corrected chi connectivity index (χ1v) is 10.9. The van der Waals surface area contributed by atoms with Crippen LogP contribution in [0.15, 0.2) is 53.6 Å². The van der Waals surface area contributed by atoms with Crippen molar-refractivity contribution < 1.29 is 22.7 Å². The molecule has 0 spiro atoms. The van der Waals surface area contributed by atoms with Gasteiger partial charge in [0.05, 0.1) is 11.3 Å². The lowest BCUT2D eigenvalue weighted by molar-refractivity contribution is -0.139. The van der Waals surface area contributed by atoms with Crippen LogP contribution in [0.1, 0.15) is 16.8 Å². The van der Waals surface area contributed by atoms with Gasteiger partial charge in [0.25, 0.3) is 0 Å². The average Bonchev–Trinajstić information content (AvgIpc) is 3.17. The number of carbonyl (C=O) groups excluding carboxylic acids is 1. The predicted molar refractivity (Wildman–Crippen MR) is 117 cm³/mol. The zero-order chi connectivity index (χ0) is 22.9. The molecule has 0 saturated heterocycles. The number of hydrogen-bond acceptors (Lipinski definition) is 5. The molecule has 166 valence electrons. The quantitative estimate of drug-likeness (QED) is 0.490. The first-order chi connectivity index (χ1) is 15.3. The standard InChI is InChI=1S/C22H19F3N4O2S/c1-13-17(5-4-9-26-13)31-20-7-3-6-19(27-20)28-21(30)29-10-8-14-11-18(32-2)15(12-16(14)29)22(23,24)25/h3-7,9,11-12H,8,10H2,1-2H3,(H,27,28,30). The van der Waals surface area contributed by atoms with Crippen LogP contribution < -0.4 is 15.0 Å². The summed E-state index contributed by atoms with van der Waals surface area (Å²) in [5, 5.41) is 2.65. The van der Waals surface area contributed by atoms with E-state index < -0.39 is 17.8 Å². The van der Waals surface area contributed by atoms with Crippen LogP contribution in [0, 0.1) is 6.92 Å². The molecule has 2 amide bonds. The molecular weight excluding hydrogens is 441 g/mol. The van der Waals surface area contributed by atoms with Gasteiger partial charge < -0.3 is 4.74 Å². The number of nitrogens with one attached hydrogen (secondary N) is 1. The van der Waals surface area contributed by atoms with Gasteiger partial charge in [-0.1, -0.05) is 6.07 Å². The molecule has 3 heterocycles. The largest absolute Gasteiger partial charge is 0.437 e. The van der Waals surface area contributed by atoms with Crippen LogP contribution in [-0.4, -0.2) is 28.8 Å². The van der Waals surface area contributed by atoms with E-state index in [4.69, 9.17) is 4.74 Å². The second kappa shape index (κ2) is 8.70. The normalized spacial score (nSPS) is 13.1. The van der Waals surface area contributed by atoms with Crippen molar-refractivity contribution in [3.05, 3.63) is 65.5 Å². The molecule has 1 N–H and O–H groups in total. The van der Waals surface area contributed by atoms with E-state index in [1.54, 1.807) is 49.7 Å². The van der Waals surface area contributed by atoms with Gasteiger partial charge >= 0.3 is 12.2 Å². The molecule has 4 rings (SSSR count). The molecule has 0 aliphatic carbocycles. The Kier molecular flexibility index (Phi) is 5.96. The van der Waals surface area contributed by atoms with Crippen LogP contribution >= 0.6 is 11.8 Å². The number of thioether (sulfide) groups is 1. The van der Waals surface area contributed by atoms with Crippen molar-refractivity contribution >= 4 is 29.3 Å². The number of anilines is 2. The molecule has 1 aliphatic rings. The second-order valence-corrected chi connectivity index (χ2v) is 7.91.